The largest absolute Gasteiger partial charge is 0.497 e. The zero-order chi connectivity index (χ0) is 14.6. The summed E-state index contributed by atoms with van der Waals surface area (Å²) in [7, 11) is 3.29. The van der Waals surface area contributed by atoms with Crippen LogP contribution in [0.2, 0.25) is 0 Å². The van der Waals surface area contributed by atoms with Gasteiger partial charge in [0.15, 0.2) is 0 Å². The average Bonchev–Trinajstić information content (AvgIpc) is 2.54. The van der Waals surface area contributed by atoms with Crippen molar-refractivity contribution in [1.29, 1.82) is 0 Å². The Morgan fingerprint density at radius 1 is 1.00 bits per heavy atom. The van der Waals surface area contributed by atoms with Crippen molar-refractivity contribution in [3.63, 3.8) is 0 Å². The van der Waals surface area contributed by atoms with E-state index >= 15 is 0 Å². The molecule has 0 saturated carbocycles. The Labute approximate surface area is 120 Å². The van der Waals surface area contributed by atoms with Gasteiger partial charge in [-0.05, 0) is 24.1 Å². The summed E-state index contributed by atoms with van der Waals surface area (Å²) in [5.41, 5.74) is 8.16. The maximum absolute atomic E-state index is 6.69. The van der Waals surface area contributed by atoms with Gasteiger partial charge in [0, 0.05) is 11.6 Å². The number of nitrogens with two attached hydrogens (primary N) is 1. The van der Waals surface area contributed by atoms with Gasteiger partial charge >= 0.3 is 0 Å². The van der Waals surface area contributed by atoms with Gasteiger partial charge in [0.1, 0.15) is 11.5 Å². The number of rotatable bonds is 5. The first-order valence-corrected chi connectivity index (χ1v) is 6.72. The van der Waals surface area contributed by atoms with Crippen molar-refractivity contribution >= 4 is 0 Å². The van der Waals surface area contributed by atoms with Crippen molar-refractivity contribution in [1.82, 2.24) is 0 Å². The average molecular weight is 271 g/mol. The number of ether oxygens (including phenoxy) is 2. The molecule has 0 amide bonds. The van der Waals surface area contributed by atoms with Crippen LogP contribution in [-0.4, -0.2) is 14.2 Å². The van der Waals surface area contributed by atoms with E-state index < -0.39 is 5.54 Å². The molecule has 0 aromatic heterocycles. The molecule has 0 radical (unpaired) electrons. The number of benzene rings is 2. The molecule has 3 heteroatoms. The third kappa shape index (κ3) is 2.49. The SMILES string of the molecule is CCC(N)(c1ccccc1)c1ccc(OC)cc1OC. The molecule has 2 rings (SSSR count). The topological polar surface area (TPSA) is 44.5 Å². The van der Waals surface area contributed by atoms with Crippen LogP contribution in [0.1, 0.15) is 24.5 Å². The quantitative estimate of drug-likeness (QED) is 0.907. The van der Waals surface area contributed by atoms with Crippen LogP contribution < -0.4 is 15.2 Å². The summed E-state index contributed by atoms with van der Waals surface area (Å²) in [4.78, 5) is 0. The Balaban J connectivity index is 2.57. The lowest BCUT2D eigenvalue weighted by Crippen LogP contribution is -2.37. The third-order valence-corrected chi connectivity index (χ3v) is 3.74. The van der Waals surface area contributed by atoms with E-state index in [2.05, 4.69) is 6.92 Å². The van der Waals surface area contributed by atoms with E-state index in [-0.39, 0.29) is 0 Å². The second-order valence-electron chi connectivity index (χ2n) is 4.76. The highest BCUT2D eigenvalue weighted by atomic mass is 16.5. The lowest BCUT2D eigenvalue weighted by Gasteiger charge is -2.31. The fraction of sp³-hybridized carbons (Fsp3) is 0.294. The molecule has 1 unspecified atom stereocenters. The lowest BCUT2D eigenvalue weighted by atomic mass is 9.81. The first-order valence-electron chi connectivity index (χ1n) is 6.72. The van der Waals surface area contributed by atoms with Crippen LogP contribution >= 0.6 is 0 Å². The summed E-state index contributed by atoms with van der Waals surface area (Å²) in [6, 6.07) is 15.9. The summed E-state index contributed by atoms with van der Waals surface area (Å²) in [5, 5.41) is 0. The molecule has 3 nitrogen and oxygen atoms in total. The Morgan fingerprint density at radius 3 is 2.25 bits per heavy atom. The molecule has 106 valence electrons. The zero-order valence-corrected chi connectivity index (χ0v) is 12.2. The monoisotopic (exact) mass is 271 g/mol. The second kappa shape index (κ2) is 5.97. The van der Waals surface area contributed by atoms with E-state index in [1.54, 1.807) is 14.2 Å². The van der Waals surface area contributed by atoms with Crippen molar-refractivity contribution in [2.24, 2.45) is 5.73 Å². The molecular weight excluding hydrogens is 250 g/mol. The van der Waals surface area contributed by atoms with Crippen molar-refractivity contribution in [2.75, 3.05) is 14.2 Å². The van der Waals surface area contributed by atoms with E-state index in [9.17, 15) is 0 Å². The van der Waals surface area contributed by atoms with Crippen molar-refractivity contribution in [3.8, 4) is 11.5 Å². The molecule has 0 aliphatic heterocycles. The standard InChI is InChI=1S/C17H21NO2/c1-4-17(18,13-8-6-5-7-9-13)15-11-10-14(19-2)12-16(15)20-3/h5-12H,4,18H2,1-3H3. The summed E-state index contributed by atoms with van der Waals surface area (Å²) < 4.78 is 10.7. The zero-order valence-electron chi connectivity index (χ0n) is 12.2. The van der Waals surface area contributed by atoms with Crippen LogP contribution in [-0.2, 0) is 5.54 Å². The van der Waals surface area contributed by atoms with E-state index in [1.807, 2.05) is 48.5 Å². The molecule has 0 fully saturated rings. The molecule has 0 saturated heterocycles. The van der Waals surface area contributed by atoms with Gasteiger partial charge in [-0.1, -0.05) is 37.3 Å². The lowest BCUT2D eigenvalue weighted by molar-refractivity contribution is 0.379. The molecule has 0 heterocycles. The van der Waals surface area contributed by atoms with Crippen LogP contribution in [0.4, 0.5) is 0 Å². The van der Waals surface area contributed by atoms with Gasteiger partial charge in [-0.3, -0.25) is 0 Å². The minimum absolute atomic E-state index is 0.571. The molecular formula is C17H21NO2. The maximum atomic E-state index is 6.69. The Kier molecular flexibility index (Phi) is 4.30. The summed E-state index contributed by atoms with van der Waals surface area (Å²) in [6.07, 6.45) is 0.777. The molecule has 2 N–H and O–H groups in total. The molecule has 0 aliphatic rings. The second-order valence-corrected chi connectivity index (χ2v) is 4.76. The molecule has 0 bridgehead atoms. The fourth-order valence-electron chi connectivity index (χ4n) is 2.45. The molecule has 0 aliphatic carbocycles. The van der Waals surface area contributed by atoms with Gasteiger partial charge < -0.3 is 15.2 Å². The minimum atomic E-state index is -0.571. The Morgan fingerprint density at radius 2 is 1.70 bits per heavy atom. The summed E-state index contributed by atoms with van der Waals surface area (Å²) >= 11 is 0. The number of hydrogen-bond donors (Lipinski definition) is 1. The van der Waals surface area contributed by atoms with Gasteiger partial charge in [0.2, 0.25) is 0 Å². The third-order valence-electron chi connectivity index (χ3n) is 3.74. The fourth-order valence-corrected chi connectivity index (χ4v) is 2.45. The molecule has 20 heavy (non-hydrogen) atoms. The predicted molar refractivity (Wildman–Crippen MR) is 81.2 cm³/mol. The van der Waals surface area contributed by atoms with Gasteiger partial charge in [-0.25, -0.2) is 0 Å². The van der Waals surface area contributed by atoms with Gasteiger partial charge in [0.25, 0.3) is 0 Å². The van der Waals surface area contributed by atoms with Crippen LogP contribution in [0.5, 0.6) is 11.5 Å². The van der Waals surface area contributed by atoms with Gasteiger partial charge in [0.05, 0.1) is 19.8 Å². The highest BCUT2D eigenvalue weighted by Gasteiger charge is 2.30. The number of methoxy groups -OCH3 is 2. The summed E-state index contributed by atoms with van der Waals surface area (Å²) in [6.45, 7) is 2.08. The van der Waals surface area contributed by atoms with Crippen molar-refractivity contribution < 1.29 is 9.47 Å². The molecule has 1 atom stereocenters. The first kappa shape index (κ1) is 14.4. The van der Waals surface area contributed by atoms with E-state index in [0.29, 0.717) is 0 Å². The van der Waals surface area contributed by atoms with Gasteiger partial charge in [-0.2, -0.15) is 0 Å². The summed E-state index contributed by atoms with van der Waals surface area (Å²) in [5.74, 6) is 1.51. The van der Waals surface area contributed by atoms with E-state index in [1.165, 1.54) is 0 Å². The highest BCUT2D eigenvalue weighted by molar-refractivity contribution is 5.49. The van der Waals surface area contributed by atoms with Crippen LogP contribution in [0.3, 0.4) is 0 Å². The van der Waals surface area contributed by atoms with Crippen molar-refractivity contribution in [3.05, 3.63) is 59.7 Å². The van der Waals surface area contributed by atoms with Gasteiger partial charge in [-0.15, -0.1) is 0 Å². The van der Waals surface area contributed by atoms with Crippen LogP contribution in [0.25, 0.3) is 0 Å². The Hall–Kier alpha value is -2.00. The maximum Gasteiger partial charge on any atom is 0.127 e. The molecule has 0 spiro atoms. The highest BCUT2D eigenvalue weighted by Crippen LogP contribution is 2.37. The molecule has 2 aromatic rings. The normalized spacial score (nSPS) is 13.6. The number of hydrogen-bond acceptors (Lipinski definition) is 3. The van der Waals surface area contributed by atoms with E-state index in [4.69, 9.17) is 15.2 Å². The predicted octanol–water partition coefficient (Wildman–Crippen LogP) is 3.32. The van der Waals surface area contributed by atoms with Crippen molar-refractivity contribution in [2.45, 2.75) is 18.9 Å². The molecule has 2 aromatic carbocycles. The van der Waals surface area contributed by atoms with Crippen LogP contribution in [0, 0.1) is 0 Å². The minimum Gasteiger partial charge on any atom is -0.497 e. The first-order chi connectivity index (χ1) is 9.65. The smallest absolute Gasteiger partial charge is 0.127 e. The van der Waals surface area contributed by atoms with E-state index in [0.717, 1.165) is 29.0 Å². The Bertz CT molecular complexity index is 568. The van der Waals surface area contributed by atoms with Crippen LogP contribution in [0.15, 0.2) is 48.5 Å².